The molecule has 0 aliphatic rings. The second-order valence-corrected chi connectivity index (χ2v) is 3.60. The number of hydrogen-bond acceptors (Lipinski definition) is 2. The summed E-state index contributed by atoms with van der Waals surface area (Å²) in [6.45, 7) is 9.29. The molecule has 0 spiro atoms. The Kier molecular flexibility index (Phi) is 6.35. The fourth-order valence-electron chi connectivity index (χ4n) is 1.95. The molecular formula is C11H25NO. The summed E-state index contributed by atoms with van der Waals surface area (Å²) in [5, 5.41) is 0. The fourth-order valence-corrected chi connectivity index (χ4v) is 1.95. The Bertz CT molecular complexity index is 121. The highest BCUT2D eigenvalue weighted by Gasteiger charge is 2.32. The van der Waals surface area contributed by atoms with Gasteiger partial charge in [0.05, 0.1) is 5.60 Å². The first-order valence-electron chi connectivity index (χ1n) is 5.56. The highest BCUT2D eigenvalue weighted by Crippen LogP contribution is 2.26. The first-order chi connectivity index (χ1) is 6.16. The van der Waals surface area contributed by atoms with E-state index in [-0.39, 0.29) is 11.6 Å². The van der Waals surface area contributed by atoms with Gasteiger partial charge in [0.25, 0.3) is 0 Å². The third-order valence-electron chi connectivity index (χ3n) is 2.90. The van der Waals surface area contributed by atoms with Gasteiger partial charge in [0.1, 0.15) is 0 Å². The number of nitrogens with two attached hydrogens (primary N) is 1. The van der Waals surface area contributed by atoms with Crippen LogP contribution < -0.4 is 5.73 Å². The summed E-state index contributed by atoms with van der Waals surface area (Å²) in [5.74, 6) is 0. The summed E-state index contributed by atoms with van der Waals surface area (Å²) in [5.41, 5.74) is 6.07. The zero-order valence-corrected chi connectivity index (χ0v) is 9.60. The molecule has 13 heavy (non-hydrogen) atoms. The summed E-state index contributed by atoms with van der Waals surface area (Å²) in [4.78, 5) is 0. The standard InChI is InChI=1S/C11H25NO/c1-5-9-10(12)11(6-2,7-3)13-8-4/h10H,5-9,12H2,1-4H3/t10-/m1/s1. The van der Waals surface area contributed by atoms with E-state index in [2.05, 4.69) is 20.8 Å². The predicted octanol–water partition coefficient (Wildman–Crippen LogP) is 2.71. The lowest BCUT2D eigenvalue weighted by Crippen LogP contribution is -2.49. The van der Waals surface area contributed by atoms with Crippen molar-refractivity contribution in [3.05, 3.63) is 0 Å². The largest absolute Gasteiger partial charge is 0.374 e. The molecule has 0 aromatic rings. The maximum atomic E-state index is 6.15. The lowest BCUT2D eigenvalue weighted by atomic mass is 9.86. The molecule has 0 rings (SSSR count). The van der Waals surface area contributed by atoms with Crippen molar-refractivity contribution in [2.45, 2.75) is 65.0 Å². The third-order valence-corrected chi connectivity index (χ3v) is 2.90. The van der Waals surface area contributed by atoms with Crippen molar-refractivity contribution in [2.75, 3.05) is 6.61 Å². The van der Waals surface area contributed by atoms with Gasteiger partial charge in [-0.05, 0) is 26.2 Å². The summed E-state index contributed by atoms with van der Waals surface area (Å²) in [6.07, 6.45) is 4.22. The Morgan fingerprint density at radius 1 is 1.15 bits per heavy atom. The van der Waals surface area contributed by atoms with Crippen LogP contribution in [0.15, 0.2) is 0 Å². The molecule has 0 saturated carbocycles. The monoisotopic (exact) mass is 187 g/mol. The van der Waals surface area contributed by atoms with Crippen LogP contribution >= 0.6 is 0 Å². The third kappa shape index (κ3) is 3.28. The van der Waals surface area contributed by atoms with Crippen molar-refractivity contribution in [2.24, 2.45) is 5.73 Å². The number of ether oxygens (including phenoxy) is 1. The molecule has 0 amide bonds. The number of rotatable bonds is 7. The van der Waals surface area contributed by atoms with E-state index in [9.17, 15) is 0 Å². The van der Waals surface area contributed by atoms with E-state index in [4.69, 9.17) is 10.5 Å². The van der Waals surface area contributed by atoms with Crippen LogP contribution in [0.1, 0.15) is 53.4 Å². The number of hydrogen-bond donors (Lipinski definition) is 1. The van der Waals surface area contributed by atoms with Crippen molar-refractivity contribution >= 4 is 0 Å². The molecule has 2 N–H and O–H groups in total. The van der Waals surface area contributed by atoms with Gasteiger partial charge in [-0.1, -0.05) is 27.2 Å². The molecule has 80 valence electrons. The molecule has 0 saturated heterocycles. The van der Waals surface area contributed by atoms with E-state index in [1.807, 2.05) is 6.92 Å². The molecule has 0 aromatic heterocycles. The molecule has 2 heteroatoms. The van der Waals surface area contributed by atoms with Crippen LogP contribution in [0, 0.1) is 0 Å². The van der Waals surface area contributed by atoms with E-state index < -0.39 is 0 Å². The molecule has 0 aliphatic heterocycles. The van der Waals surface area contributed by atoms with Gasteiger partial charge in [0, 0.05) is 12.6 Å². The zero-order chi connectivity index (χ0) is 10.3. The normalized spacial score (nSPS) is 14.5. The summed E-state index contributed by atoms with van der Waals surface area (Å²) >= 11 is 0. The summed E-state index contributed by atoms with van der Waals surface area (Å²) in [7, 11) is 0. The predicted molar refractivity (Wildman–Crippen MR) is 57.8 cm³/mol. The minimum Gasteiger partial charge on any atom is -0.374 e. The Hall–Kier alpha value is -0.0800. The summed E-state index contributed by atoms with van der Waals surface area (Å²) < 4.78 is 5.82. The van der Waals surface area contributed by atoms with Crippen LogP contribution in [0.4, 0.5) is 0 Å². The van der Waals surface area contributed by atoms with Crippen LogP contribution in [0.5, 0.6) is 0 Å². The van der Waals surface area contributed by atoms with Crippen LogP contribution in [0.25, 0.3) is 0 Å². The quantitative estimate of drug-likeness (QED) is 0.665. The minimum absolute atomic E-state index is 0.0786. The van der Waals surface area contributed by atoms with Crippen molar-refractivity contribution in [1.29, 1.82) is 0 Å². The Morgan fingerprint density at radius 2 is 1.69 bits per heavy atom. The van der Waals surface area contributed by atoms with Gasteiger partial charge in [0.2, 0.25) is 0 Å². The van der Waals surface area contributed by atoms with Crippen LogP contribution in [-0.4, -0.2) is 18.2 Å². The van der Waals surface area contributed by atoms with E-state index in [0.717, 1.165) is 32.3 Å². The van der Waals surface area contributed by atoms with Crippen molar-refractivity contribution in [3.8, 4) is 0 Å². The van der Waals surface area contributed by atoms with Gasteiger partial charge in [0.15, 0.2) is 0 Å². The molecule has 0 bridgehead atoms. The van der Waals surface area contributed by atoms with E-state index in [1.165, 1.54) is 0 Å². The molecule has 0 unspecified atom stereocenters. The van der Waals surface area contributed by atoms with E-state index >= 15 is 0 Å². The van der Waals surface area contributed by atoms with Crippen molar-refractivity contribution in [1.82, 2.24) is 0 Å². The molecule has 0 heterocycles. The van der Waals surface area contributed by atoms with Gasteiger partial charge >= 0.3 is 0 Å². The molecule has 1 atom stereocenters. The maximum Gasteiger partial charge on any atom is 0.0827 e. The average Bonchev–Trinajstić information content (AvgIpc) is 2.14. The second kappa shape index (κ2) is 6.39. The maximum absolute atomic E-state index is 6.15. The van der Waals surface area contributed by atoms with Crippen molar-refractivity contribution in [3.63, 3.8) is 0 Å². The molecule has 0 aliphatic carbocycles. The Labute approximate surface area is 82.8 Å². The van der Waals surface area contributed by atoms with Gasteiger partial charge in [-0.2, -0.15) is 0 Å². The molecule has 0 radical (unpaired) electrons. The summed E-state index contributed by atoms with van der Waals surface area (Å²) in [6, 6.07) is 0.187. The fraction of sp³-hybridized carbons (Fsp3) is 1.00. The molecule has 0 fully saturated rings. The van der Waals surface area contributed by atoms with Gasteiger partial charge < -0.3 is 10.5 Å². The van der Waals surface area contributed by atoms with Gasteiger partial charge in [-0.3, -0.25) is 0 Å². The molecule has 0 aromatic carbocycles. The molecular weight excluding hydrogens is 162 g/mol. The van der Waals surface area contributed by atoms with Crippen LogP contribution in [0.3, 0.4) is 0 Å². The Balaban J connectivity index is 4.33. The lowest BCUT2D eigenvalue weighted by molar-refractivity contribution is -0.0651. The van der Waals surface area contributed by atoms with E-state index in [1.54, 1.807) is 0 Å². The van der Waals surface area contributed by atoms with Crippen LogP contribution in [0.2, 0.25) is 0 Å². The second-order valence-electron chi connectivity index (χ2n) is 3.60. The first kappa shape index (κ1) is 12.9. The highest BCUT2D eigenvalue weighted by molar-refractivity contribution is 4.88. The smallest absolute Gasteiger partial charge is 0.0827 e. The Morgan fingerprint density at radius 3 is 2.00 bits per heavy atom. The van der Waals surface area contributed by atoms with Gasteiger partial charge in [-0.15, -0.1) is 0 Å². The van der Waals surface area contributed by atoms with Crippen molar-refractivity contribution < 1.29 is 4.74 Å². The average molecular weight is 187 g/mol. The SMILES string of the molecule is CCC[C@@H](N)C(CC)(CC)OCC. The minimum atomic E-state index is -0.0786. The highest BCUT2D eigenvalue weighted by atomic mass is 16.5. The first-order valence-corrected chi connectivity index (χ1v) is 5.56. The lowest BCUT2D eigenvalue weighted by Gasteiger charge is -2.37. The van der Waals surface area contributed by atoms with Gasteiger partial charge in [-0.25, -0.2) is 0 Å². The molecule has 2 nitrogen and oxygen atoms in total. The van der Waals surface area contributed by atoms with Crippen LogP contribution in [-0.2, 0) is 4.74 Å². The van der Waals surface area contributed by atoms with E-state index in [0.29, 0.717) is 0 Å². The topological polar surface area (TPSA) is 35.2 Å². The zero-order valence-electron chi connectivity index (χ0n) is 9.60.